The summed E-state index contributed by atoms with van der Waals surface area (Å²) >= 11 is 11.9. The Morgan fingerprint density at radius 1 is 1.31 bits per heavy atom. The van der Waals surface area contributed by atoms with Crippen LogP contribution in [0.5, 0.6) is 5.88 Å². The fraction of sp³-hybridized carbons (Fsp3) is 0.500. The molecule has 0 amide bonds. The van der Waals surface area contributed by atoms with Crippen LogP contribution in [0.4, 0.5) is 5.82 Å². The van der Waals surface area contributed by atoms with Crippen LogP contribution in [-0.2, 0) is 0 Å². The first-order valence-electron chi connectivity index (χ1n) is 5.20. The molecule has 1 fully saturated rings. The summed E-state index contributed by atoms with van der Waals surface area (Å²) in [6, 6.07) is 1.58. The Hall–Kier alpha value is -0.710. The lowest BCUT2D eigenvalue weighted by Gasteiger charge is -2.14. The van der Waals surface area contributed by atoms with Crippen LogP contribution in [0.25, 0.3) is 0 Å². The predicted molar refractivity (Wildman–Crippen MR) is 65.0 cm³/mol. The number of hydrogen-bond donors (Lipinski definition) is 2. The van der Waals surface area contributed by atoms with Crippen LogP contribution in [-0.4, -0.2) is 11.1 Å². The van der Waals surface area contributed by atoms with E-state index in [2.05, 4.69) is 10.4 Å². The smallest absolute Gasteiger partial charge is 0.234 e. The molecule has 4 nitrogen and oxygen atoms in total. The number of nitrogens with one attached hydrogen (secondary N) is 1. The highest BCUT2D eigenvalue weighted by atomic mass is 35.5. The van der Waals surface area contributed by atoms with E-state index in [-0.39, 0.29) is 6.10 Å². The molecule has 1 saturated carbocycles. The molecule has 1 heterocycles. The Bertz CT molecular complexity index is 381. The number of pyridine rings is 1. The van der Waals surface area contributed by atoms with Crippen molar-refractivity contribution in [2.75, 3.05) is 5.43 Å². The zero-order chi connectivity index (χ0) is 11.5. The van der Waals surface area contributed by atoms with Crippen molar-refractivity contribution in [3.63, 3.8) is 0 Å². The Labute approximate surface area is 104 Å². The van der Waals surface area contributed by atoms with Gasteiger partial charge in [-0.05, 0) is 31.7 Å². The SMILES string of the molecule is NNc1nc(OC2CCCC2)c(Cl)cc1Cl. The van der Waals surface area contributed by atoms with Crippen molar-refractivity contribution in [1.29, 1.82) is 0 Å². The second-order valence-corrected chi connectivity index (χ2v) is 4.59. The maximum atomic E-state index is 6.00. The summed E-state index contributed by atoms with van der Waals surface area (Å²) in [7, 11) is 0. The topological polar surface area (TPSA) is 60.2 Å². The number of halogens is 2. The molecular formula is C10H13Cl2N3O. The Morgan fingerprint density at radius 2 is 2.00 bits per heavy atom. The third-order valence-corrected chi connectivity index (χ3v) is 3.17. The van der Waals surface area contributed by atoms with Crippen molar-refractivity contribution in [1.82, 2.24) is 4.98 Å². The van der Waals surface area contributed by atoms with Gasteiger partial charge in [-0.2, -0.15) is 4.98 Å². The van der Waals surface area contributed by atoms with Gasteiger partial charge in [0.25, 0.3) is 0 Å². The lowest BCUT2D eigenvalue weighted by Crippen LogP contribution is -2.14. The molecule has 0 spiro atoms. The van der Waals surface area contributed by atoms with Crippen LogP contribution < -0.4 is 16.0 Å². The maximum Gasteiger partial charge on any atom is 0.234 e. The molecule has 0 bridgehead atoms. The van der Waals surface area contributed by atoms with Crippen LogP contribution >= 0.6 is 23.2 Å². The van der Waals surface area contributed by atoms with Gasteiger partial charge in [-0.15, -0.1) is 0 Å². The summed E-state index contributed by atoms with van der Waals surface area (Å²) in [5.41, 5.74) is 2.41. The summed E-state index contributed by atoms with van der Waals surface area (Å²) in [6.45, 7) is 0. The Kier molecular flexibility index (Phi) is 3.74. The third kappa shape index (κ3) is 2.51. The molecule has 3 N–H and O–H groups in total. The molecule has 88 valence electrons. The minimum atomic E-state index is 0.205. The van der Waals surface area contributed by atoms with Gasteiger partial charge in [0.15, 0.2) is 5.82 Å². The molecule has 0 radical (unpaired) electrons. The van der Waals surface area contributed by atoms with Gasteiger partial charge in [-0.1, -0.05) is 23.2 Å². The molecule has 6 heteroatoms. The third-order valence-electron chi connectivity index (χ3n) is 2.61. The number of aromatic nitrogens is 1. The lowest BCUT2D eigenvalue weighted by molar-refractivity contribution is 0.202. The van der Waals surface area contributed by atoms with E-state index in [0.29, 0.717) is 21.7 Å². The molecule has 0 unspecified atom stereocenters. The maximum absolute atomic E-state index is 6.00. The minimum Gasteiger partial charge on any atom is -0.473 e. The van der Waals surface area contributed by atoms with Gasteiger partial charge in [-0.3, -0.25) is 0 Å². The van der Waals surface area contributed by atoms with Gasteiger partial charge < -0.3 is 10.2 Å². The largest absolute Gasteiger partial charge is 0.473 e. The molecule has 0 aromatic carbocycles. The molecule has 16 heavy (non-hydrogen) atoms. The van der Waals surface area contributed by atoms with Gasteiger partial charge in [0.2, 0.25) is 5.88 Å². The molecule has 0 aliphatic heterocycles. The van der Waals surface area contributed by atoms with Crippen molar-refractivity contribution in [2.45, 2.75) is 31.8 Å². The standard InChI is InChI=1S/C10H13Cl2N3O/c11-7-5-8(12)10(14-9(7)15-13)16-6-3-1-2-4-6/h5-6H,1-4,13H2,(H,14,15). The second kappa shape index (κ2) is 5.08. The average Bonchev–Trinajstić information content (AvgIpc) is 2.75. The predicted octanol–water partition coefficient (Wildman–Crippen LogP) is 3.00. The van der Waals surface area contributed by atoms with Crippen molar-refractivity contribution in [3.8, 4) is 5.88 Å². The van der Waals surface area contributed by atoms with Gasteiger partial charge in [0, 0.05) is 0 Å². The first-order chi connectivity index (χ1) is 7.70. The zero-order valence-corrected chi connectivity index (χ0v) is 10.2. The summed E-state index contributed by atoms with van der Waals surface area (Å²) in [5.74, 6) is 6.05. The van der Waals surface area contributed by atoms with Crippen LogP contribution in [0.3, 0.4) is 0 Å². The van der Waals surface area contributed by atoms with Crippen LogP contribution in [0.1, 0.15) is 25.7 Å². The molecule has 1 aromatic heterocycles. The van der Waals surface area contributed by atoms with Crippen molar-refractivity contribution in [3.05, 3.63) is 16.1 Å². The summed E-state index contributed by atoms with van der Waals surface area (Å²) in [4.78, 5) is 4.13. The number of rotatable bonds is 3. The molecule has 0 saturated heterocycles. The lowest BCUT2D eigenvalue weighted by atomic mass is 10.3. The fourth-order valence-corrected chi connectivity index (χ4v) is 2.26. The van der Waals surface area contributed by atoms with E-state index in [1.54, 1.807) is 6.07 Å². The van der Waals surface area contributed by atoms with Crippen molar-refractivity contribution in [2.24, 2.45) is 5.84 Å². The van der Waals surface area contributed by atoms with E-state index in [1.165, 1.54) is 12.8 Å². The Balaban J connectivity index is 2.18. The van der Waals surface area contributed by atoms with Gasteiger partial charge >= 0.3 is 0 Å². The summed E-state index contributed by atoms with van der Waals surface area (Å²) < 4.78 is 5.71. The normalized spacial score (nSPS) is 16.4. The molecule has 1 aromatic rings. The minimum absolute atomic E-state index is 0.205. The molecule has 1 aliphatic carbocycles. The van der Waals surface area contributed by atoms with E-state index in [1.807, 2.05) is 0 Å². The second-order valence-electron chi connectivity index (χ2n) is 3.77. The van der Waals surface area contributed by atoms with E-state index < -0.39 is 0 Å². The van der Waals surface area contributed by atoms with Crippen LogP contribution in [0.15, 0.2) is 6.07 Å². The average molecular weight is 262 g/mol. The number of nitrogen functional groups attached to an aromatic ring is 1. The molecular weight excluding hydrogens is 249 g/mol. The van der Waals surface area contributed by atoms with Crippen LogP contribution in [0.2, 0.25) is 10.0 Å². The van der Waals surface area contributed by atoms with E-state index in [0.717, 1.165) is 12.8 Å². The fourth-order valence-electron chi connectivity index (χ4n) is 1.80. The van der Waals surface area contributed by atoms with Crippen molar-refractivity contribution >= 4 is 29.0 Å². The quantitative estimate of drug-likeness (QED) is 0.649. The molecule has 2 rings (SSSR count). The monoisotopic (exact) mass is 261 g/mol. The number of nitrogens with zero attached hydrogens (tertiary/aromatic N) is 1. The van der Waals surface area contributed by atoms with Crippen LogP contribution in [0, 0.1) is 0 Å². The number of nitrogens with two attached hydrogens (primary N) is 1. The highest BCUT2D eigenvalue weighted by Crippen LogP contribution is 2.32. The Morgan fingerprint density at radius 3 is 2.62 bits per heavy atom. The first-order valence-corrected chi connectivity index (χ1v) is 5.95. The van der Waals surface area contributed by atoms with Gasteiger partial charge in [0.05, 0.1) is 5.02 Å². The summed E-state index contributed by atoms with van der Waals surface area (Å²) in [5, 5.41) is 0.794. The number of hydrogen-bond acceptors (Lipinski definition) is 4. The highest BCUT2D eigenvalue weighted by Gasteiger charge is 2.19. The van der Waals surface area contributed by atoms with Gasteiger partial charge in [-0.25, -0.2) is 5.84 Å². The van der Waals surface area contributed by atoms with E-state index in [4.69, 9.17) is 33.8 Å². The zero-order valence-electron chi connectivity index (χ0n) is 8.67. The molecule has 1 aliphatic rings. The van der Waals surface area contributed by atoms with E-state index >= 15 is 0 Å². The molecule has 0 atom stereocenters. The number of hydrazine groups is 1. The van der Waals surface area contributed by atoms with Gasteiger partial charge in [0.1, 0.15) is 11.1 Å². The van der Waals surface area contributed by atoms with E-state index in [9.17, 15) is 0 Å². The summed E-state index contributed by atoms with van der Waals surface area (Å²) in [6.07, 6.45) is 4.69. The number of anilines is 1. The van der Waals surface area contributed by atoms with Crippen molar-refractivity contribution < 1.29 is 4.74 Å². The number of ether oxygens (including phenoxy) is 1. The highest BCUT2D eigenvalue weighted by molar-refractivity contribution is 6.36. The first kappa shape index (κ1) is 11.8.